The summed E-state index contributed by atoms with van der Waals surface area (Å²) in [5.74, 6) is -4.48. The number of carbonyl (C=O) groups is 4. The first-order valence-electron chi connectivity index (χ1n) is 23.3. The van der Waals surface area contributed by atoms with Crippen LogP contribution in [0.2, 0.25) is 0 Å². The maximum atomic E-state index is 16.0. The van der Waals surface area contributed by atoms with Crippen LogP contribution in [0.1, 0.15) is 70.4 Å². The van der Waals surface area contributed by atoms with Crippen LogP contribution in [0.5, 0.6) is 0 Å². The van der Waals surface area contributed by atoms with Gasteiger partial charge in [0.2, 0.25) is 17.6 Å². The van der Waals surface area contributed by atoms with Gasteiger partial charge in [0.25, 0.3) is 5.91 Å². The highest BCUT2D eigenvalue weighted by atomic mass is 32.2. The summed E-state index contributed by atoms with van der Waals surface area (Å²) in [5, 5.41) is 2.58. The molecule has 0 aliphatic carbocycles. The number of nitrogens with zero attached hydrogens (tertiary/aromatic N) is 6. The van der Waals surface area contributed by atoms with Gasteiger partial charge in [-0.25, -0.2) is 22.5 Å². The fourth-order valence-corrected chi connectivity index (χ4v) is 12.6. The number of H-pyrrole nitrogens is 1. The van der Waals surface area contributed by atoms with E-state index in [1.54, 1.807) is 23.1 Å². The fourth-order valence-electron chi connectivity index (χ4n) is 11.3. The summed E-state index contributed by atoms with van der Waals surface area (Å²) in [7, 11) is -4.39. The van der Waals surface area contributed by atoms with Crippen LogP contribution in [-0.4, -0.2) is 127 Å². The average molecular weight is 968 g/mol. The number of aromatic amines is 1. The second-order valence-corrected chi connectivity index (χ2v) is 21.1. The average Bonchev–Trinajstić information content (AvgIpc) is 4.13. The molecule has 5 saturated heterocycles. The number of piperidine rings is 2. The molecule has 0 radical (unpaired) electrons. The van der Waals surface area contributed by atoms with Gasteiger partial charge in [-0.2, -0.15) is 12.7 Å². The lowest BCUT2D eigenvalue weighted by atomic mass is 9.78. The molecule has 1 spiro atoms. The molecular formula is C49H49F4N9O6S. The van der Waals surface area contributed by atoms with Crippen molar-refractivity contribution in [2.75, 3.05) is 73.4 Å². The molecular weight excluding hydrogens is 919 g/mol. The maximum absolute atomic E-state index is 16.0. The summed E-state index contributed by atoms with van der Waals surface area (Å²) in [6.07, 6.45) is 4.95. The van der Waals surface area contributed by atoms with Crippen LogP contribution in [0.15, 0.2) is 67.0 Å². The minimum atomic E-state index is -4.39. The number of pyridine rings is 1. The minimum Gasteiger partial charge on any atom is -0.372 e. The monoisotopic (exact) mass is 967 g/mol. The number of benzene rings is 3. The number of nitrogens with one attached hydrogen (secondary N) is 3. The maximum Gasteiger partial charge on any atom is 0.301 e. The summed E-state index contributed by atoms with van der Waals surface area (Å²) in [5.41, 5.74) is 2.55. The predicted octanol–water partition coefficient (Wildman–Crippen LogP) is 5.77. The quantitative estimate of drug-likeness (QED) is 0.0840. The molecule has 5 fully saturated rings. The van der Waals surface area contributed by atoms with Crippen LogP contribution in [-0.2, 0) is 26.3 Å². The van der Waals surface area contributed by atoms with Gasteiger partial charge in [-0.05, 0) is 97.7 Å². The second-order valence-electron chi connectivity index (χ2n) is 19.5. The molecule has 69 heavy (non-hydrogen) atoms. The van der Waals surface area contributed by atoms with E-state index in [0.717, 1.165) is 86.2 Å². The van der Waals surface area contributed by atoms with Gasteiger partial charge >= 0.3 is 10.2 Å². The Morgan fingerprint density at radius 1 is 0.870 bits per heavy atom. The van der Waals surface area contributed by atoms with E-state index in [9.17, 15) is 32.0 Å². The van der Waals surface area contributed by atoms with Crippen molar-refractivity contribution < 1.29 is 45.2 Å². The first kappa shape index (κ1) is 45.1. The van der Waals surface area contributed by atoms with E-state index in [4.69, 9.17) is 0 Å². The number of carbonyl (C=O) groups excluding carboxylic acids is 4. The number of halogens is 4. The zero-order valence-electron chi connectivity index (χ0n) is 37.4. The van der Waals surface area contributed by atoms with E-state index in [0.29, 0.717) is 47.8 Å². The molecule has 3 N–H and O–H groups in total. The molecule has 360 valence electrons. The molecule has 11 rings (SSSR count). The second kappa shape index (κ2) is 17.2. The molecule has 0 bridgehead atoms. The van der Waals surface area contributed by atoms with Crippen molar-refractivity contribution in [3.63, 3.8) is 0 Å². The molecule has 20 heteroatoms. The topological polar surface area (TPSA) is 171 Å². The highest BCUT2D eigenvalue weighted by Crippen LogP contribution is 2.43. The Labute approximate surface area is 395 Å². The molecule has 15 nitrogen and oxygen atoms in total. The van der Waals surface area contributed by atoms with Crippen LogP contribution in [0, 0.1) is 28.8 Å². The standard InChI is InChI=1S/C49H49F4N9O6S/c50-32-11-15-61(24-32)69(67,68)57-39-5-4-37(51)43(44(39)53)45(64)36-21-55-46-35(36)18-30(20-54-46)29-1-6-40(38(52)19-29)60-16-12-49(27-60)25-58(26-49)22-28-9-13-59(14-10-28)33-2-3-34-31(17-33)23-62(48(34)66)41-7-8-42(63)56-47(41)65/h1-6,17-21,28,32,41,57H,7-16,22-27H2,(H,54,55)(H,56,63,65)/t32-,41?/m1/s1. The number of ketones is 1. The Hall–Kier alpha value is -6.38. The lowest BCUT2D eigenvalue weighted by molar-refractivity contribution is -0.136. The van der Waals surface area contributed by atoms with Crippen LogP contribution in [0.4, 0.5) is 34.6 Å². The summed E-state index contributed by atoms with van der Waals surface area (Å²) in [6.45, 7) is 5.97. The number of rotatable bonds is 11. The van der Waals surface area contributed by atoms with Gasteiger partial charge in [-0.15, -0.1) is 0 Å². The number of amides is 3. The van der Waals surface area contributed by atoms with E-state index in [2.05, 4.69) is 36.1 Å². The van der Waals surface area contributed by atoms with Crippen LogP contribution >= 0.6 is 0 Å². The van der Waals surface area contributed by atoms with E-state index in [-0.39, 0.29) is 53.2 Å². The smallest absolute Gasteiger partial charge is 0.301 e. The Balaban J connectivity index is 0.693. The van der Waals surface area contributed by atoms with Crippen molar-refractivity contribution in [2.24, 2.45) is 11.3 Å². The number of aromatic nitrogens is 2. The molecule has 2 atom stereocenters. The number of imide groups is 1. The molecule has 8 heterocycles. The highest BCUT2D eigenvalue weighted by molar-refractivity contribution is 7.90. The highest BCUT2D eigenvalue weighted by Gasteiger charge is 2.48. The third-order valence-electron chi connectivity index (χ3n) is 14.9. The van der Waals surface area contributed by atoms with Crippen molar-refractivity contribution >= 4 is 61.8 Å². The number of hydrogen-bond acceptors (Lipinski definition) is 10. The zero-order chi connectivity index (χ0) is 47.9. The van der Waals surface area contributed by atoms with Gasteiger partial charge in [-0.1, -0.05) is 6.07 Å². The van der Waals surface area contributed by atoms with Crippen molar-refractivity contribution in [3.8, 4) is 11.1 Å². The molecule has 3 amide bonds. The molecule has 2 aromatic heterocycles. The molecule has 6 aliphatic heterocycles. The van der Waals surface area contributed by atoms with Crippen molar-refractivity contribution in [3.05, 3.63) is 107 Å². The molecule has 6 aliphatic rings. The minimum absolute atomic E-state index is 0.0159. The van der Waals surface area contributed by atoms with Gasteiger partial charge < -0.3 is 24.6 Å². The summed E-state index contributed by atoms with van der Waals surface area (Å²) >= 11 is 0. The Morgan fingerprint density at radius 2 is 1.68 bits per heavy atom. The van der Waals surface area contributed by atoms with E-state index in [1.807, 2.05) is 16.9 Å². The largest absolute Gasteiger partial charge is 0.372 e. The summed E-state index contributed by atoms with van der Waals surface area (Å²) in [4.78, 5) is 66.9. The number of likely N-dealkylation sites (tertiary alicyclic amines) is 1. The van der Waals surface area contributed by atoms with Crippen LogP contribution < -0.4 is 19.8 Å². The van der Waals surface area contributed by atoms with Crippen molar-refractivity contribution in [2.45, 2.75) is 57.3 Å². The Kier molecular flexibility index (Phi) is 11.3. The molecule has 3 aromatic carbocycles. The predicted molar refractivity (Wildman–Crippen MR) is 248 cm³/mol. The van der Waals surface area contributed by atoms with Crippen LogP contribution in [0.3, 0.4) is 0 Å². The Bertz CT molecular complexity index is 3070. The third kappa shape index (κ3) is 8.28. The Morgan fingerprint density at radius 3 is 2.43 bits per heavy atom. The summed E-state index contributed by atoms with van der Waals surface area (Å²) < 4.78 is 89.2. The van der Waals surface area contributed by atoms with Gasteiger partial charge in [-0.3, -0.25) is 29.2 Å². The van der Waals surface area contributed by atoms with E-state index >= 15 is 13.2 Å². The van der Waals surface area contributed by atoms with E-state index < -0.39 is 69.4 Å². The zero-order valence-corrected chi connectivity index (χ0v) is 38.3. The lowest BCUT2D eigenvalue weighted by Gasteiger charge is -2.50. The molecule has 0 saturated carbocycles. The van der Waals surface area contributed by atoms with Gasteiger partial charge in [0.1, 0.15) is 29.5 Å². The number of anilines is 3. The van der Waals surface area contributed by atoms with Gasteiger partial charge in [0.15, 0.2) is 5.82 Å². The first-order chi connectivity index (χ1) is 33.1. The van der Waals surface area contributed by atoms with Gasteiger partial charge in [0.05, 0.1) is 16.9 Å². The van der Waals surface area contributed by atoms with Crippen LogP contribution in [0.25, 0.3) is 22.2 Å². The number of alkyl halides is 1. The van der Waals surface area contributed by atoms with Gasteiger partial charge in [0, 0.05) is 117 Å². The fraction of sp³-hybridized carbons (Fsp3) is 0.408. The van der Waals surface area contributed by atoms with Crippen molar-refractivity contribution in [1.82, 2.24) is 29.4 Å². The number of hydrogen-bond donors (Lipinski definition) is 3. The summed E-state index contributed by atoms with van der Waals surface area (Å²) in [6, 6.07) is 13.4. The molecule has 5 aromatic rings. The van der Waals surface area contributed by atoms with E-state index in [1.165, 1.54) is 18.5 Å². The lowest BCUT2D eigenvalue weighted by Crippen LogP contribution is -2.59. The third-order valence-corrected chi connectivity index (χ3v) is 16.4. The van der Waals surface area contributed by atoms with Crippen molar-refractivity contribution in [1.29, 1.82) is 0 Å². The SMILES string of the molecule is O=C1CCC(N2Cc3cc(N4CCC(CN5CC6(CCN(c7ccc(-c8cnc9[nH]cc(C(=O)c%10c(F)ccc(NS(=O)(=O)N%11CC[C@@H](F)C%11)c%10F)c9c8)cc7F)C6)C5)CC4)ccc3C2=O)C(=O)N1. The number of fused-ring (bicyclic) bond motifs is 2. The molecule has 1 unspecified atom stereocenters. The normalized spacial score (nSPS) is 22.2. The first-order valence-corrected chi connectivity index (χ1v) is 24.8.